The minimum absolute atomic E-state index is 0.447. The first-order valence-electron chi connectivity index (χ1n) is 6.47. The first-order chi connectivity index (χ1) is 9.31. The SMILES string of the molecule is CC1CSC(COc2ccc(C3SCCS3)cc2)=N1. The minimum atomic E-state index is 0.447. The Morgan fingerprint density at radius 3 is 2.58 bits per heavy atom. The van der Waals surface area contributed by atoms with Crippen molar-refractivity contribution in [2.24, 2.45) is 4.99 Å². The first kappa shape index (κ1) is 13.7. The molecular weight excluding hydrogens is 294 g/mol. The van der Waals surface area contributed by atoms with E-state index >= 15 is 0 Å². The second-order valence-corrected chi connectivity index (χ2v) is 8.43. The molecule has 1 aromatic rings. The summed E-state index contributed by atoms with van der Waals surface area (Å²) in [5, 5.41) is 1.12. The number of benzene rings is 1. The van der Waals surface area contributed by atoms with Gasteiger partial charge in [-0.15, -0.1) is 35.3 Å². The molecule has 2 aliphatic heterocycles. The maximum atomic E-state index is 5.79. The maximum absolute atomic E-state index is 5.79. The first-order valence-corrected chi connectivity index (χ1v) is 9.55. The zero-order chi connectivity index (χ0) is 13.1. The van der Waals surface area contributed by atoms with Gasteiger partial charge in [-0.2, -0.15) is 0 Å². The summed E-state index contributed by atoms with van der Waals surface area (Å²) in [6.45, 7) is 2.76. The van der Waals surface area contributed by atoms with E-state index in [1.54, 1.807) is 0 Å². The predicted molar refractivity (Wildman–Crippen MR) is 88.9 cm³/mol. The molecule has 0 spiro atoms. The summed E-state index contributed by atoms with van der Waals surface area (Å²) >= 11 is 5.88. The van der Waals surface area contributed by atoms with Gasteiger partial charge >= 0.3 is 0 Å². The summed E-state index contributed by atoms with van der Waals surface area (Å²) in [6, 6.07) is 8.99. The number of ether oxygens (including phenoxy) is 1. The molecule has 0 amide bonds. The van der Waals surface area contributed by atoms with Crippen LogP contribution in [0.15, 0.2) is 29.3 Å². The molecule has 3 rings (SSSR count). The van der Waals surface area contributed by atoms with Gasteiger partial charge in [0.15, 0.2) is 0 Å². The van der Waals surface area contributed by atoms with Crippen molar-refractivity contribution < 1.29 is 4.74 Å². The van der Waals surface area contributed by atoms with Gasteiger partial charge in [0.2, 0.25) is 0 Å². The highest BCUT2D eigenvalue weighted by atomic mass is 32.2. The molecule has 2 nitrogen and oxygen atoms in total. The molecule has 1 aromatic carbocycles. The quantitative estimate of drug-likeness (QED) is 0.835. The monoisotopic (exact) mass is 311 g/mol. The summed E-state index contributed by atoms with van der Waals surface area (Å²) in [5.74, 6) is 4.57. The van der Waals surface area contributed by atoms with E-state index in [-0.39, 0.29) is 0 Å². The van der Waals surface area contributed by atoms with Gasteiger partial charge in [0.1, 0.15) is 17.4 Å². The Labute approximate surface area is 127 Å². The zero-order valence-electron chi connectivity index (χ0n) is 10.9. The van der Waals surface area contributed by atoms with Gasteiger partial charge in [0, 0.05) is 17.3 Å². The summed E-state index contributed by atoms with van der Waals surface area (Å²) in [7, 11) is 0. The van der Waals surface area contributed by atoms with Gasteiger partial charge < -0.3 is 4.74 Å². The Morgan fingerprint density at radius 1 is 1.21 bits per heavy atom. The van der Waals surface area contributed by atoms with E-state index in [4.69, 9.17) is 4.74 Å². The molecule has 19 heavy (non-hydrogen) atoms. The summed E-state index contributed by atoms with van der Waals surface area (Å²) in [5.41, 5.74) is 1.40. The van der Waals surface area contributed by atoms with Crippen LogP contribution in [0.5, 0.6) is 5.75 Å². The van der Waals surface area contributed by atoms with Crippen molar-refractivity contribution in [3.05, 3.63) is 29.8 Å². The minimum Gasteiger partial charge on any atom is -0.487 e. The molecule has 0 aliphatic carbocycles. The molecule has 5 heteroatoms. The van der Waals surface area contributed by atoms with Crippen LogP contribution < -0.4 is 4.74 Å². The molecule has 0 aromatic heterocycles. The fourth-order valence-corrected chi connectivity index (χ4v) is 5.80. The molecule has 1 fully saturated rings. The third kappa shape index (κ3) is 3.64. The Balaban J connectivity index is 1.55. The molecule has 1 unspecified atom stereocenters. The number of nitrogens with zero attached hydrogens (tertiary/aromatic N) is 1. The lowest BCUT2D eigenvalue weighted by atomic mass is 10.2. The van der Waals surface area contributed by atoms with Gasteiger partial charge in [0.25, 0.3) is 0 Å². The highest BCUT2D eigenvalue weighted by molar-refractivity contribution is 8.19. The van der Waals surface area contributed by atoms with Crippen LogP contribution in [0.2, 0.25) is 0 Å². The summed E-state index contributed by atoms with van der Waals surface area (Å²) < 4.78 is 6.41. The molecule has 1 atom stereocenters. The number of hydrogen-bond acceptors (Lipinski definition) is 5. The molecule has 0 N–H and O–H groups in total. The fourth-order valence-electron chi connectivity index (χ4n) is 2.03. The Hall–Kier alpha value is -0.260. The second kappa shape index (κ2) is 6.46. The smallest absolute Gasteiger partial charge is 0.136 e. The van der Waals surface area contributed by atoms with E-state index < -0.39 is 0 Å². The van der Waals surface area contributed by atoms with Gasteiger partial charge in [0.05, 0.1) is 10.6 Å². The van der Waals surface area contributed by atoms with Crippen molar-refractivity contribution in [1.29, 1.82) is 0 Å². The molecule has 2 aliphatic rings. The van der Waals surface area contributed by atoms with Crippen molar-refractivity contribution in [2.75, 3.05) is 23.9 Å². The van der Waals surface area contributed by atoms with Crippen LogP contribution in [-0.2, 0) is 0 Å². The standard InChI is InChI=1S/C14H17NOS3/c1-10-9-19-13(15-10)8-16-12-4-2-11(3-5-12)14-17-6-7-18-14/h2-5,10,14H,6-9H2,1H3. The topological polar surface area (TPSA) is 21.6 Å². The van der Waals surface area contributed by atoms with E-state index in [0.717, 1.165) is 16.5 Å². The Morgan fingerprint density at radius 2 is 1.95 bits per heavy atom. The van der Waals surface area contributed by atoms with E-state index in [1.165, 1.54) is 17.1 Å². The van der Waals surface area contributed by atoms with Crippen molar-refractivity contribution in [1.82, 2.24) is 0 Å². The predicted octanol–water partition coefficient (Wildman–Crippen LogP) is 4.08. The molecule has 0 bridgehead atoms. The van der Waals surface area contributed by atoms with Crippen LogP contribution in [0.4, 0.5) is 0 Å². The molecule has 0 radical (unpaired) electrons. The van der Waals surface area contributed by atoms with Gasteiger partial charge in [-0.05, 0) is 24.6 Å². The average Bonchev–Trinajstić information content (AvgIpc) is 3.08. The maximum Gasteiger partial charge on any atom is 0.136 e. The summed E-state index contributed by atoms with van der Waals surface area (Å²) in [6.07, 6.45) is 0. The lowest BCUT2D eigenvalue weighted by molar-refractivity contribution is 0.379. The van der Waals surface area contributed by atoms with E-state index in [1.807, 2.05) is 35.3 Å². The van der Waals surface area contributed by atoms with Crippen LogP contribution in [0.25, 0.3) is 0 Å². The number of aliphatic imine (C=N–C) groups is 1. The van der Waals surface area contributed by atoms with Crippen LogP contribution in [0.3, 0.4) is 0 Å². The van der Waals surface area contributed by atoms with Gasteiger partial charge in [-0.3, -0.25) is 4.99 Å². The molecule has 2 heterocycles. The van der Waals surface area contributed by atoms with Crippen LogP contribution in [0.1, 0.15) is 17.1 Å². The third-order valence-corrected chi connectivity index (χ3v) is 7.30. The fraction of sp³-hybridized carbons (Fsp3) is 0.500. The van der Waals surface area contributed by atoms with Crippen LogP contribution >= 0.6 is 35.3 Å². The lowest BCUT2D eigenvalue weighted by Crippen LogP contribution is -2.05. The second-order valence-electron chi connectivity index (χ2n) is 4.61. The van der Waals surface area contributed by atoms with Crippen LogP contribution in [-0.4, -0.2) is 35.0 Å². The van der Waals surface area contributed by atoms with Gasteiger partial charge in [-0.1, -0.05) is 12.1 Å². The number of rotatable bonds is 4. The third-order valence-electron chi connectivity index (χ3n) is 2.99. The van der Waals surface area contributed by atoms with Crippen molar-refractivity contribution in [3.8, 4) is 5.75 Å². The van der Waals surface area contributed by atoms with E-state index in [2.05, 4.69) is 36.2 Å². The largest absolute Gasteiger partial charge is 0.487 e. The average molecular weight is 311 g/mol. The van der Waals surface area contributed by atoms with Crippen molar-refractivity contribution >= 4 is 40.3 Å². The lowest BCUT2D eigenvalue weighted by Gasteiger charge is -2.10. The molecular formula is C14H17NOS3. The zero-order valence-corrected chi connectivity index (χ0v) is 13.3. The Kier molecular flexibility index (Phi) is 4.66. The normalized spacial score (nSPS) is 23.6. The highest BCUT2D eigenvalue weighted by Gasteiger charge is 2.18. The highest BCUT2D eigenvalue weighted by Crippen LogP contribution is 2.45. The van der Waals surface area contributed by atoms with E-state index in [9.17, 15) is 0 Å². The number of hydrogen-bond donors (Lipinski definition) is 0. The van der Waals surface area contributed by atoms with Crippen molar-refractivity contribution in [3.63, 3.8) is 0 Å². The Bertz CT molecular complexity index is 454. The van der Waals surface area contributed by atoms with E-state index in [0.29, 0.717) is 17.2 Å². The molecule has 102 valence electrons. The number of thioether (sulfide) groups is 3. The van der Waals surface area contributed by atoms with Crippen LogP contribution in [0, 0.1) is 0 Å². The molecule has 0 saturated carbocycles. The van der Waals surface area contributed by atoms with Crippen molar-refractivity contribution in [2.45, 2.75) is 17.5 Å². The molecule has 1 saturated heterocycles. The van der Waals surface area contributed by atoms with Gasteiger partial charge in [-0.25, -0.2) is 0 Å². The summed E-state index contributed by atoms with van der Waals surface area (Å²) in [4.78, 5) is 4.53.